The van der Waals surface area contributed by atoms with Gasteiger partial charge in [-0.1, -0.05) is 0 Å². The van der Waals surface area contributed by atoms with E-state index in [4.69, 9.17) is 0 Å². The molecule has 0 aliphatic carbocycles. The van der Waals surface area contributed by atoms with Gasteiger partial charge in [-0.3, -0.25) is 10.1 Å². The van der Waals surface area contributed by atoms with Crippen molar-refractivity contribution in [2.75, 3.05) is 32.5 Å². The fraction of sp³-hybridized carbons (Fsp3) is 0.364. The number of nitrogens with zero attached hydrogens (tertiary/aromatic N) is 2. The Kier molecular flexibility index (Phi) is 5.18. The van der Waals surface area contributed by atoms with Gasteiger partial charge >= 0.3 is 6.03 Å². The van der Waals surface area contributed by atoms with Crippen molar-refractivity contribution in [3.05, 3.63) is 33.9 Å². The summed E-state index contributed by atoms with van der Waals surface area (Å²) in [6.45, 7) is 0.220. The number of nitro benzene ring substituents is 1. The number of hydrogen-bond donors (Lipinski definition) is 2. The van der Waals surface area contributed by atoms with E-state index >= 15 is 0 Å². The number of halogens is 2. The molecule has 0 fully saturated rings. The minimum absolute atomic E-state index is 0.0746. The summed E-state index contributed by atoms with van der Waals surface area (Å²) >= 11 is 0. The number of rotatable bonds is 5. The van der Waals surface area contributed by atoms with E-state index in [1.54, 1.807) is 14.1 Å². The highest BCUT2D eigenvalue weighted by Gasteiger charge is 2.16. The maximum absolute atomic E-state index is 13.5. The van der Waals surface area contributed by atoms with Gasteiger partial charge in [-0.2, -0.15) is 0 Å². The Hall–Kier alpha value is -2.45. The predicted molar refractivity (Wildman–Crippen MR) is 68.6 cm³/mol. The Morgan fingerprint density at radius 1 is 1.30 bits per heavy atom. The molecule has 1 aromatic rings. The van der Waals surface area contributed by atoms with Gasteiger partial charge in [-0.05, 0) is 0 Å². The summed E-state index contributed by atoms with van der Waals surface area (Å²) in [6, 6.07) is 0.921. The standard InChI is InChI=1S/C11H14F2N4O3/c1-16(2)11(18)15-4-3-14-10-8(12)5-7(17(19)20)6-9(10)13/h5-6,14H,3-4H2,1-2H3,(H,15,18). The Morgan fingerprint density at radius 2 is 1.85 bits per heavy atom. The summed E-state index contributed by atoms with van der Waals surface area (Å²) < 4.78 is 27.0. The van der Waals surface area contributed by atoms with Gasteiger partial charge in [0.05, 0.1) is 17.1 Å². The van der Waals surface area contributed by atoms with Gasteiger partial charge in [0.25, 0.3) is 5.69 Å². The molecule has 1 aromatic carbocycles. The molecule has 9 heteroatoms. The fourth-order valence-corrected chi connectivity index (χ4v) is 1.35. The van der Waals surface area contributed by atoms with Gasteiger partial charge in [0.2, 0.25) is 0 Å². The Balaban J connectivity index is 2.61. The molecule has 7 nitrogen and oxygen atoms in total. The monoisotopic (exact) mass is 288 g/mol. The second kappa shape index (κ2) is 6.64. The smallest absolute Gasteiger partial charge is 0.316 e. The summed E-state index contributed by atoms with van der Waals surface area (Å²) in [6.07, 6.45) is 0. The van der Waals surface area contributed by atoms with E-state index in [1.165, 1.54) is 4.90 Å². The van der Waals surface area contributed by atoms with Crippen LogP contribution in [0.2, 0.25) is 0 Å². The lowest BCUT2D eigenvalue weighted by Crippen LogP contribution is -2.37. The first-order valence-electron chi connectivity index (χ1n) is 5.65. The van der Waals surface area contributed by atoms with Crippen LogP contribution in [0.4, 0.5) is 25.0 Å². The third kappa shape index (κ3) is 4.04. The van der Waals surface area contributed by atoms with E-state index in [-0.39, 0.29) is 19.1 Å². The van der Waals surface area contributed by atoms with Crippen LogP contribution in [-0.2, 0) is 0 Å². The quantitative estimate of drug-likeness (QED) is 0.489. The van der Waals surface area contributed by atoms with Crippen LogP contribution in [0.25, 0.3) is 0 Å². The maximum atomic E-state index is 13.5. The topological polar surface area (TPSA) is 87.5 Å². The van der Waals surface area contributed by atoms with Gasteiger partial charge in [-0.15, -0.1) is 0 Å². The third-order valence-electron chi connectivity index (χ3n) is 2.35. The number of hydrogen-bond acceptors (Lipinski definition) is 4. The van der Waals surface area contributed by atoms with Crippen molar-refractivity contribution in [3.63, 3.8) is 0 Å². The molecule has 0 radical (unpaired) electrons. The zero-order valence-electron chi connectivity index (χ0n) is 10.9. The molecule has 0 bridgehead atoms. The van der Waals surface area contributed by atoms with Gasteiger partial charge in [0.1, 0.15) is 5.69 Å². The van der Waals surface area contributed by atoms with Crippen molar-refractivity contribution >= 4 is 17.4 Å². The summed E-state index contributed by atoms with van der Waals surface area (Å²) in [7, 11) is 3.11. The van der Waals surface area contributed by atoms with E-state index < -0.39 is 27.9 Å². The first-order valence-corrected chi connectivity index (χ1v) is 5.65. The van der Waals surface area contributed by atoms with Crippen LogP contribution in [0.15, 0.2) is 12.1 Å². The molecule has 0 aliphatic heterocycles. The number of urea groups is 1. The highest BCUT2D eigenvalue weighted by Crippen LogP contribution is 2.24. The average Bonchev–Trinajstić information content (AvgIpc) is 2.36. The number of non-ortho nitro benzene ring substituents is 1. The second-order valence-corrected chi connectivity index (χ2v) is 4.09. The molecule has 0 heterocycles. The number of carbonyl (C=O) groups excluding carboxylic acids is 1. The van der Waals surface area contributed by atoms with Crippen molar-refractivity contribution in [3.8, 4) is 0 Å². The number of benzene rings is 1. The summed E-state index contributed by atoms with van der Waals surface area (Å²) in [5.41, 5.74) is -1.12. The largest absolute Gasteiger partial charge is 0.379 e. The molecule has 0 aliphatic rings. The lowest BCUT2D eigenvalue weighted by atomic mass is 10.2. The minimum atomic E-state index is -1.06. The van der Waals surface area contributed by atoms with Gasteiger partial charge in [0, 0.05) is 27.2 Å². The van der Waals surface area contributed by atoms with Crippen LogP contribution in [0.3, 0.4) is 0 Å². The van der Waals surface area contributed by atoms with Crippen molar-refractivity contribution in [1.29, 1.82) is 0 Å². The van der Waals surface area contributed by atoms with E-state index in [2.05, 4.69) is 10.6 Å². The summed E-state index contributed by atoms with van der Waals surface area (Å²) in [5, 5.41) is 15.3. The Bertz CT molecular complexity index is 499. The molecule has 20 heavy (non-hydrogen) atoms. The fourth-order valence-electron chi connectivity index (χ4n) is 1.35. The van der Waals surface area contributed by atoms with Gasteiger partial charge in [-0.25, -0.2) is 13.6 Å². The summed E-state index contributed by atoms with van der Waals surface area (Å²) in [5.74, 6) is -2.12. The number of amides is 2. The molecule has 110 valence electrons. The Labute approximate surface area is 113 Å². The van der Waals surface area contributed by atoms with Crippen LogP contribution in [0.1, 0.15) is 0 Å². The highest BCUT2D eigenvalue weighted by atomic mass is 19.1. The van der Waals surface area contributed by atoms with Crippen LogP contribution < -0.4 is 10.6 Å². The van der Waals surface area contributed by atoms with Crippen molar-refractivity contribution in [1.82, 2.24) is 10.2 Å². The minimum Gasteiger partial charge on any atom is -0.379 e. The number of anilines is 1. The Morgan fingerprint density at radius 3 is 2.30 bits per heavy atom. The number of nitro groups is 1. The second-order valence-electron chi connectivity index (χ2n) is 4.09. The van der Waals surface area contributed by atoms with Crippen LogP contribution >= 0.6 is 0 Å². The zero-order chi connectivity index (χ0) is 15.3. The van der Waals surface area contributed by atoms with E-state index in [0.717, 1.165) is 0 Å². The molecule has 0 spiro atoms. The first-order chi connectivity index (χ1) is 9.32. The highest BCUT2D eigenvalue weighted by molar-refractivity contribution is 5.73. The lowest BCUT2D eigenvalue weighted by Gasteiger charge is -2.13. The van der Waals surface area contributed by atoms with Crippen LogP contribution in [-0.4, -0.2) is 43.0 Å². The van der Waals surface area contributed by atoms with Crippen molar-refractivity contribution in [2.24, 2.45) is 0 Å². The number of carbonyl (C=O) groups is 1. The third-order valence-corrected chi connectivity index (χ3v) is 2.35. The van der Waals surface area contributed by atoms with Gasteiger partial charge < -0.3 is 15.5 Å². The molecule has 0 saturated carbocycles. The van der Waals surface area contributed by atoms with E-state index in [0.29, 0.717) is 12.1 Å². The average molecular weight is 288 g/mol. The zero-order valence-corrected chi connectivity index (χ0v) is 10.9. The molecular weight excluding hydrogens is 274 g/mol. The van der Waals surface area contributed by atoms with Crippen molar-refractivity contribution in [2.45, 2.75) is 0 Å². The van der Waals surface area contributed by atoms with E-state index in [9.17, 15) is 23.7 Å². The maximum Gasteiger partial charge on any atom is 0.316 e. The molecular formula is C11H14F2N4O3. The molecule has 0 saturated heterocycles. The van der Waals surface area contributed by atoms with Crippen LogP contribution in [0.5, 0.6) is 0 Å². The molecule has 0 aromatic heterocycles. The van der Waals surface area contributed by atoms with Crippen molar-refractivity contribution < 1.29 is 18.5 Å². The predicted octanol–water partition coefficient (Wildman–Crippen LogP) is 1.56. The first kappa shape index (κ1) is 15.6. The molecule has 2 amide bonds. The molecule has 0 unspecified atom stereocenters. The SMILES string of the molecule is CN(C)C(=O)NCCNc1c(F)cc([N+](=O)[O-])cc1F. The number of nitrogens with one attached hydrogen (secondary N) is 2. The molecule has 2 N–H and O–H groups in total. The summed E-state index contributed by atoms with van der Waals surface area (Å²) in [4.78, 5) is 22.0. The molecule has 0 atom stereocenters. The normalized spacial score (nSPS) is 10.0. The lowest BCUT2D eigenvalue weighted by molar-refractivity contribution is -0.385. The van der Waals surface area contributed by atoms with Gasteiger partial charge in [0.15, 0.2) is 11.6 Å². The van der Waals surface area contributed by atoms with E-state index in [1.807, 2.05) is 0 Å². The molecule has 1 rings (SSSR count). The van der Waals surface area contributed by atoms with Crippen LogP contribution in [0, 0.1) is 21.7 Å².